The van der Waals surface area contributed by atoms with Crippen LogP contribution in [0.15, 0.2) is 85.2 Å². The van der Waals surface area contributed by atoms with Gasteiger partial charge < -0.3 is 4.74 Å². The number of aromatic nitrogens is 2. The fourth-order valence-electron chi connectivity index (χ4n) is 3.25. The number of rotatable bonds is 8. The Labute approximate surface area is 180 Å². The minimum Gasteiger partial charge on any atom is -0.496 e. The molecule has 0 aliphatic rings. The van der Waals surface area contributed by atoms with Crippen molar-refractivity contribution in [1.82, 2.24) is 9.78 Å². The maximum atomic E-state index is 12.6. The summed E-state index contributed by atoms with van der Waals surface area (Å²) in [5.41, 5.74) is 3.21. The third-order valence-corrected chi connectivity index (χ3v) is 5.85. The van der Waals surface area contributed by atoms with Gasteiger partial charge in [0.15, 0.2) is 5.78 Å². The fourth-order valence-corrected chi connectivity index (χ4v) is 4.21. The second-order valence-corrected chi connectivity index (χ2v) is 8.07. The van der Waals surface area contributed by atoms with Gasteiger partial charge in [-0.3, -0.25) is 9.48 Å². The van der Waals surface area contributed by atoms with Gasteiger partial charge in [0.2, 0.25) is 0 Å². The molecule has 0 fully saturated rings. The SMILES string of the molecule is COc1ccc(/C=C/C(=O)c2ccc(Cc3ccccc3)s2)cc1Cn1cccn1. The second kappa shape index (κ2) is 9.37. The molecule has 0 saturated heterocycles. The molecule has 2 heterocycles. The third kappa shape index (κ3) is 4.93. The van der Waals surface area contributed by atoms with Gasteiger partial charge in [0, 0.05) is 29.3 Å². The first-order valence-electron chi connectivity index (χ1n) is 9.70. The molecule has 0 amide bonds. The Morgan fingerprint density at radius 2 is 1.97 bits per heavy atom. The zero-order valence-corrected chi connectivity index (χ0v) is 17.5. The van der Waals surface area contributed by atoms with Gasteiger partial charge in [-0.05, 0) is 47.5 Å². The first kappa shape index (κ1) is 19.9. The zero-order chi connectivity index (χ0) is 20.8. The van der Waals surface area contributed by atoms with E-state index >= 15 is 0 Å². The van der Waals surface area contributed by atoms with Gasteiger partial charge in [0.05, 0.1) is 18.5 Å². The van der Waals surface area contributed by atoms with E-state index in [1.54, 1.807) is 30.7 Å². The number of thiophene rings is 1. The predicted octanol–water partition coefficient (Wildman–Crippen LogP) is 5.49. The summed E-state index contributed by atoms with van der Waals surface area (Å²) in [5, 5.41) is 4.25. The van der Waals surface area contributed by atoms with Crippen molar-refractivity contribution < 1.29 is 9.53 Å². The van der Waals surface area contributed by atoms with Gasteiger partial charge >= 0.3 is 0 Å². The van der Waals surface area contributed by atoms with E-state index in [9.17, 15) is 4.79 Å². The molecule has 30 heavy (non-hydrogen) atoms. The lowest BCUT2D eigenvalue weighted by atomic mass is 10.1. The summed E-state index contributed by atoms with van der Waals surface area (Å²) in [6.45, 7) is 0.611. The molecule has 4 nitrogen and oxygen atoms in total. The molecule has 0 unspecified atom stereocenters. The van der Waals surface area contributed by atoms with E-state index in [0.29, 0.717) is 6.54 Å². The molecule has 0 N–H and O–H groups in total. The first-order valence-corrected chi connectivity index (χ1v) is 10.5. The summed E-state index contributed by atoms with van der Waals surface area (Å²) >= 11 is 1.55. The second-order valence-electron chi connectivity index (χ2n) is 6.90. The van der Waals surface area contributed by atoms with Crippen molar-refractivity contribution in [2.45, 2.75) is 13.0 Å². The molecule has 0 bridgehead atoms. The number of nitrogens with zero attached hydrogens (tertiary/aromatic N) is 2. The Bertz CT molecular complexity index is 1150. The Hall–Kier alpha value is -3.44. The molecule has 2 aromatic heterocycles. The molecule has 0 radical (unpaired) electrons. The number of hydrogen-bond donors (Lipinski definition) is 0. The lowest BCUT2D eigenvalue weighted by Gasteiger charge is -2.09. The molecule has 0 aliphatic heterocycles. The van der Waals surface area contributed by atoms with Crippen LogP contribution in [0.3, 0.4) is 0 Å². The number of hydrogen-bond acceptors (Lipinski definition) is 4. The van der Waals surface area contributed by atoms with Gasteiger partial charge in [0.25, 0.3) is 0 Å². The maximum absolute atomic E-state index is 12.6. The van der Waals surface area contributed by atoms with Gasteiger partial charge in [0.1, 0.15) is 5.75 Å². The zero-order valence-electron chi connectivity index (χ0n) is 16.7. The Kier molecular flexibility index (Phi) is 6.20. The van der Waals surface area contributed by atoms with E-state index in [1.165, 1.54) is 10.4 Å². The van der Waals surface area contributed by atoms with Crippen molar-refractivity contribution in [3.05, 3.63) is 112 Å². The summed E-state index contributed by atoms with van der Waals surface area (Å²) in [6, 6.07) is 22.0. The van der Waals surface area contributed by atoms with Crippen LogP contribution in [0.5, 0.6) is 5.75 Å². The van der Waals surface area contributed by atoms with Crippen LogP contribution in [0, 0.1) is 0 Å². The predicted molar refractivity (Wildman–Crippen MR) is 121 cm³/mol. The number of benzene rings is 2. The molecule has 4 aromatic rings. The fraction of sp³-hybridized carbons (Fsp3) is 0.120. The average molecular weight is 415 g/mol. The largest absolute Gasteiger partial charge is 0.496 e. The monoisotopic (exact) mass is 414 g/mol. The number of methoxy groups -OCH3 is 1. The summed E-state index contributed by atoms with van der Waals surface area (Å²) in [7, 11) is 1.66. The molecule has 0 aliphatic carbocycles. The summed E-state index contributed by atoms with van der Waals surface area (Å²) < 4.78 is 7.31. The lowest BCUT2D eigenvalue weighted by molar-refractivity contribution is 0.105. The van der Waals surface area contributed by atoms with Crippen LogP contribution < -0.4 is 4.74 Å². The normalized spacial score (nSPS) is 11.1. The van der Waals surface area contributed by atoms with Crippen molar-refractivity contribution in [2.24, 2.45) is 0 Å². The van der Waals surface area contributed by atoms with E-state index in [2.05, 4.69) is 17.2 Å². The minimum atomic E-state index is 0.0174. The number of ether oxygens (including phenoxy) is 1. The van der Waals surface area contributed by atoms with E-state index in [0.717, 1.165) is 28.2 Å². The molecular weight excluding hydrogens is 392 g/mol. The third-order valence-electron chi connectivity index (χ3n) is 4.75. The highest BCUT2D eigenvalue weighted by atomic mass is 32.1. The number of carbonyl (C=O) groups excluding carboxylic acids is 1. The van der Waals surface area contributed by atoms with Crippen molar-refractivity contribution >= 4 is 23.2 Å². The van der Waals surface area contributed by atoms with Crippen LogP contribution >= 0.6 is 11.3 Å². The van der Waals surface area contributed by atoms with Gasteiger partial charge in [-0.15, -0.1) is 11.3 Å². The van der Waals surface area contributed by atoms with E-state index < -0.39 is 0 Å². The Balaban J connectivity index is 1.46. The Morgan fingerprint density at radius 3 is 2.73 bits per heavy atom. The van der Waals surface area contributed by atoms with Crippen LogP contribution in [-0.2, 0) is 13.0 Å². The molecule has 150 valence electrons. The van der Waals surface area contributed by atoms with E-state index in [1.807, 2.05) is 71.6 Å². The highest BCUT2D eigenvalue weighted by Crippen LogP contribution is 2.23. The van der Waals surface area contributed by atoms with Crippen molar-refractivity contribution in [1.29, 1.82) is 0 Å². The average Bonchev–Trinajstić information content (AvgIpc) is 3.45. The quantitative estimate of drug-likeness (QED) is 0.283. The molecular formula is C25H22N2O2S. The van der Waals surface area contributed by atoms with Crippen LogP contribution in [0.2, 0.25) is 0 Å². The molecule has 0 atom stereocenters. The smallest absolute Gasteiger partial charge is 0.195 e. The highest BCUT2D eigenvalue weighted by molar-refractivity contribution is 7.14. The molecule has 0 spiro atoms. The number of allylic oxidation sites excluding steroid dienone is 1. The summed E-state index contributed by atoms with van der Waals surface area (Å²) in [5.74, 6) is 0.821. The Morgan fingerprint density at radius 1 is 1.10 bits per heavy atom. The highest BCUT2D eigenvalue weighted by Gasteiger charge is 2.08. The van der Waals surface area contributed by atoms with Gasteiger partial charge in [-0.2, -0.15) is 5.10 Å². The van der Waals surface area contributed by atoms with Crippen LogP contribution in [0.1, 0.15) is 31.2 Å². The number of ketones is 1. The standard InChI is InChI=1S/C25H22N2O2S/c1-29-24-12-9-20(16-21(24)18-27-15-5-14-26-27)8-11-23(28)25-13-10-22(30-25)17-19-6-3-2-4-7-19/h2-16H,17-18H2,1H3/b11-8+. The van der Waals surface area contributed by atoms with Gasteiger partial charge in [-0.25, -0.2) is 0 Å². The lowest BCUT2D eigenvalue weighted by Crippen LogP contribution is -2.02. The minimum absolute atomic E-state index is 0.0174. The summed E-state index contributed by atoms with van der Waals surface area (Å²) in [6.07, 6.45) is 8.00. The van der Waals surface area contributed by atoms with Crippen LogP contribution in [0.4, 0.5) is 0 Å². The van der Waals surface area contributed by atoms with Crippen molar-refractivity contribution in [3.8, 4) is 5.75 Å². The number of carbonyl (C=O) groups is 1. The topological polar surface area (TPSA) is 44.1 Å². The van der Waals surface area contributed by atoms with Crippen molar-refractivity contribution in [3.63, 3.8) is 0 Å². The molecule has 5 heteroatoms. The first-order chi connectivity index (χ1) is 14.7. The van der Waals surface area contributed by atoms with Gasteiger partial charge in [-0.1, -0.05) is 42.5 Å². The van der Waals surface area contributed by atoms with Crippen molar-refractivity contribution in [2.75, 3.05) is 7.11 Å². The van der Waals surface area contributed by atoms with Crippen LogP contribution in [-0.4, -0.2) is 22.7 Å². The molecule has 0 saturated carbocycles. The van der Waals surface area contributed by atoms with E-state index in [-0.39, 0.29) is 5.78 Å². The molecule has 4 rings (SSSR count). The summed E-state index contributed by atoms with van der Waals surface area (Å²) in [4.78, 5) is 14.6. The van der Waals surface area contributed by atoms with Crippen LogP contribution in [0.25, 0.3) is 6.08 Å². The maximum Gasteiger partial charge on any atom is 0.195 e. The van der Waals surface area contributed by atoms with E-state index in [4.69, 9.17) is 4.74 Å². The molecule has 2 aromatic carbocycles.